The number of fused-ring (bicyclic) bond motifs is 1. The summed E-state index contributed by atoms with van der Waals surface area (Å²) in [4.78, 5) is 0.0436. The van der Waals surface area contributed by atoms with Crippen molar-refractivity contribution in [1.82, 2.24) is 0 Å². The van der Waals surface area contributed by atoms with Gasteiger partial charge in [-0.15, -0.1) is 0 Å². The second-order valence-corrected chi connectivity index (χ2v) is 7.44. The van der Waals surface area contributed by atoms with Crippen molar-refractivity contribution in [3.05, 3.63) is 65.1 Å². The molecule has 0 aromatic heterocycles. The molecule has 24 heavy (non-hydrogen) atoms. The molecule has 0 atom stereocenters. The summed E-state index contributed by atoms with van der Waals surface area (Å²) in [7, 11) is -3.96. The molecule has 6 heteroatoms. The maximum atomic E-state index is 12.6. The van der Waals surface area contributed by atoms with Crippen LogP contribution in [0.15, 0.2) is 70.0 Å². The number of benzene rings is 3. The lowest BCUT2D eigenvalue weighted by Crippen LogP contribution is -2.10. The predicted molar refractivity (Wildman–Crippen MR) is 97.1 cm³/mol. The minimum absolute atomic E-state index is 0.0436. The second-order valence-electron chi connectivity index (χ2n) is 5.04. The molecule has 3 rings (SSSR count). The quantitative estimate of drug-likeness (QED) is 0.572. The summed E-state index contributed by atoms with van der Waals surface area (Å²) in [5.74, 6) is 0.758. The average molecular weight is 407 g/mol. The number of ether oxygens (including phenoxy) is 1. The monoisotopic (exact) mass is 406 g/mol. The van der Waals surface area contributed by atoms with E-state index in [1.165, 1.54) is 12.1 Å². The fourth-order valence-corrected chi connectivity index (χ4v) is 3.67. The van der Waals surface area contributed by atoms with E-state index >= 15 is 0 Å². The minimum atomic E-state index is -3.96. The maximum absolute atomic E-state index is 12.6. The van der Waals surface area contributed by atoms with Crippen molar-refractivity contribution in [3.8, 4) is 11.5 Å². The fourth-order valence-electron chi connectivity index (χ4n) is 2.34. The standard InChI is InChI=1S/C18H15BrO4S/c1-2-22-18-12-14(10-11-16(18)19)24(20,21)23-17-9-5-7-13-6-3-4-8-15(13)17/h3-12H,2H2,1H3. The summed E-state index contributed by atoms with van der Waals surface area (Å²) >= 11 is 3.34. The molecule has 0 aliphatic carbocycles. The van der Waals surface area contributed by atoms with Crippen LogP contribution in [0.1, 0.15) is 6.92 Å². The van der Waals surface area contributed by atoms with Gasteiger partial charge in [0.2, 0.25) is 0 Å². The molecule has 3 aromatic carbocycles. The lowest BCUT2D eigenvalue weighted by Gasteiger charge is -2.11. The Bertz CT molecular complexity index is 978. The van der Waals surface area contributed by atoms with Crippen LogP contribution >= 0.6 is 15.9 Å². The first-order valence-electron chi connectivity index (χ1n) is 7.36. The van der Waals surface area contributed by atoms with E-state index in [1.807, 2.05) is 37.3 Å². The molecule has 0 heterocycles. The third kappa shape index (κ3) is 3.39. The highest BCUT2D eigenvalue weighted by Gasteiger charge is 2.19. The molecule has 0 unspecified atom stereocenters. The predicted octanol–water partition coefficient (Wildman–Crippen LogP) is 4.77. The third-order valence-electron chi connectivity index (χ3n) is 3.44. The smallest absolute Gasteiger partial charge is 0.339 e. The average Bonchev–Trinajstić information content (AvgIpc) is 2.57. The Morgan fingerprint density at radius 1 is 0.958 bits per heavy atom. The van der Waals surface area contributed by atoms with Crippen LogP contribution in [0.25, 0.3) is 10.8 Å². The van der Waals surface area contributed by atoms with Crippen LogP contribution in [0.4, 0.5) is 0 Å². The molecule has 0 bridgehead atoms. The molecule has 0 fully saturated rings. The molecule has 0 saturated heterocycles. The molecule has 0 N–H and O–H groups in total. The van der Waals surface area contributed by atoms with Crippen molar-refractivity contribution >= 4 is 36.8 Å². The van der Waals surface area contributed by atoms with E-state index < -0.39 is 10.1 Å². The van der Waals surface area contributed by atoms with E-state index in [0.717, 1.165) is 10.8 Å². The van der Waals surface area contributed by atoms with Gasteiger partial charge in [-0.25, -0.2) is 0 Å². The highest BCUT2D eigenvalue weighted by atomic mass is 79.9. The molecule has 0 spiro atoms. The molecule has 0 amide bonds. The highest BCUT2D eigenvalue weighted by molar-refractivity contribution is 9.10. The van der Waals surface area contributed by atoms with Crippen LogP contribution in [-0.2, 0) is 10.1 Å². The third-order valence-corrected chi connectivity index (χ3v) is 5.33. The van der Waals surface area contributed by atoms with Gasteiger partial charge in [-0.2, -0.15) is 8.42 Å². The largest absolute Gasteiger partial charge is 0.493 e. The molecule has 0 aliphatic heterocycles. The van der Waals surface area contributed by atoms with Crippen LogP contribution in [0.2, 0.25) is 0 Å². The first-order chi connectivity index (χ1) is 11.5. The van der Waals surface area contributed by atoms with Crippen molar-refractivity contribution in [2.75, 3.05) is 6.61 Å². The molecule has 0 aliphatic rings. The van der Waals surface area contributed by atoms with Gasteiger partial charge in [0.05, 0.1) is 11.1 Å². The Morgan fingerprint density at radius 2 is 1.71 bits per heavy atom. The van der Waals surface area contributed by atoms with Crippen molar-refractivity contribution in [2.45, 2.75) is 11.8 Å². The SMILES string of the molecule is CCOc1cc(S(=O)(=O)Oc2cccc3ccccc23)ccc1Br. The number of halogens is 1. The van der Waals surface area contributed by atoms with E-state index in [9.17, 15) is 8.42 Å². The molecule has 0 saturated carbocycles. The highest BCUT2D eigenvalue weighted by Crippen LogP contribution is 2.31. The van der Waals surface area contributed by atoms with Gasteiger partial charge in [0.15, 0.2) is 5.75 Å². The van der Waals surface area contributed by atoms with Gasteiger partial charge < -0.3 is 8.92 Å². The Labute approximate surface area is 149 Å². The summed E-state index contributed by atoms with van der Waals surface area (Å²) in [5.41, 5.74) is 0. The van der Waals surface area contributed by atoms with Gasteiger partial charge in [-0.1, -0.05) is 36.4 Å². The van der Waals surface area contributed by atoms with E-state index in [4.69, 9.17) is 8.92 Å². The van der Waals surface area contributed by atoms with Crippen LogP contribution in [0.3, 0.4) is 0 Å². The molecule has 3 aromatic rings. The van der Waals surface area contributed by atoms with E-state index in [0.29, 0.717) is 22.6 Å². The number of hydrogen-bond donors (Lipinski definition) is 0. The molecule has 0 radical (unpaired) electrons. The normalized spacial score (nSPS) is 11.4. The Balaban J connectivity index is 2.01. The zero-order valence-corrected chi connectivity index (χ0v) is 15.3. The van der Waals surface area contributed by atoms with Crippen LogP contribution in [0.5, 0.6) is 11.5 Å². The first-order valence-corrected chi connectivity index (χ1v) is 9.56. The summed E-state index contributed by atoms with van der Waals surface area (Å²) in [6, 6.07) is 17.3. The van der Waals surface area contributed by atoms with Gasteiger partial charge >= 0.3 is 10.1 Å². The molecular formula is C18H15BrO4S. The van der Waals surface area contributed by atoms with Crippen LogP contribution in [0, 0.1) is 0 Å². The Morgan fingerprint density at radius 3 is 2.50 bits per heavy atom. The van der Waals surface area contributed by atoms with Gasteiger partial charge in [0.1, 0.15) is 10.6 Å². The van der Waals surface area contributed by atoms with E-state index in [1.54, 1.807) is 18.2 Å². The van der Waals surface area contributed by atoms with Gasteiger partial charge in [0, 0.05) is 11.5 Å². The van der Waals surface area contributed by atoms with E-state index in [2.05, 4.69) is 15.9 Å². The van der Waals surface area contributed by atoms with Crippen molar-refractivity contribution < 1.29 is 17.3 Å². The first kappa shape index (κ1) is 16.8. The summed E-state index contributed by atoms with van der Waals surface area (Å²) < 4.78 is 36.7. The zero-order chi connectivity index (χ0) is 17.2. The number of hydrogen-bond acceptors (Lipinski definition) is 4. The topological polar surface area (TPSA) is 52.6 Å². The van der Waals surface area contributed by atoms with E-state index in [-0.39, 0.29) is 4.90 Å². The van der Waals surface area contributed by atoms with Crippen molar-refractivity contribution in [1.29, 1.82) is 0 Å². The lowest BCUT2D eigenvalue weighted by molar-refractivity contribution is 0.337. The lowest BCUT2D eigenvalue weighted by atomic mass is 10.1. The van der Waals surface area contributed by atoms with Gasteiger partial charge in [-0.3, -0.25) is 0 Å². The zero-order valence-electron chi connectivity index (χ0n) is 12.9. The summed E-state index contributed by atoms with van der Waals surface area (Å²) in [6.07, 6.45) is 0. The van der Waals surface area contributed by atoms with Crippen LogP contribution in [-0.4, -0.2) is 15.0 Å². The molecule has 124 valence electrons. The summed E-state index contributed by atoms with van der Waals surface area (Å²) in [6.45, 7) is 2.27. The second kappa shape index (κ2) is 6.83. The minimum Gasteiger partial charge on any atom is -0.493 e. The number of rotatable bonds is 5. The van der Waals surface area contributed by atoms with Crippen LogP contribution < -0.4 is 8.92 Å². The fraction of sp³-hybridized carbons (Fsp3) is 0.111. The molecule has 4 nitrogen and oxygen atoms in total. The Kier molecular flexibility index (Phi) is 4.78. The van der Waals surface area contributed by atoms with Gasteiger partial charge in [0.25, 0.3) is 0 Å². The van der Waals surface area contributed by atoms with Gasteiger partial charge in [-0.05, 0) is 46.4 Å². The Hall–Kier alpha value is -2.05. The summed E-state index contributed by atoms with van der Waals surface area (Å²) in [5, 5.41) is 1.65. The van der Waals surface area contributed by atoms with Crippen molar-refractivity contribution in [2.24, 2.45) is 0 Å². The maximum Gasteiger partial charge on any atom is 0.339 e. The molecular weight excluding hydrogens is 392 g/mol. The van der Waals surface area contributed by atoms with Crippen molar-refractivity contribution in [3.63, 3.8) is 0 Å².